The highest BCUT2D eigenvalue weighted by Gasteiger charge is 1.96. The topological polar surface area (TPSA) is 18.5 Å². The zero-order valence-electron chi connectivity index (χ0n) is 6.63. The summed E-state index contributed by atoms with van der Waals surface area (Å²) in [5.74, 6) is 1.42. The summed E-state index contributed by atoms with van der Waals surface area (Å²) in [5, 5.41) is 0. The lowest BCUT2D eigenvalue weighted by Crippen LogP contribution is -1.87. The molecule has 0 aromatic heterocycles. The van der Waals surface area contributed by atoms with Gasteiger partial charge in [-0.3, -0.25) is 0 Å². The zero-order valence-corrected chi connectivity index (χ0v) is 6.63. The normalized spacial score (nSPS) is 9.36. The maximum absolute atomic E-state index is 5.55. The third kappa shape index (κ3) is 1.87. The summed E-state index contributed by atoms with van der Waals surface area (Å²) in [7, 11) is 3.18. The molecule has 1 aromatic carbocycles. The minimum Gasteiger partial charge on any atom is -0.497 e. The SMILES string of the molecule is [CH]c1cc(OC)cc(OC)c1. The van der Waals surface area contributed by atoms with Crippen LogP contribution in [0.25, 0.3) is 0 Å². The molecule has 0 aliphatic carbocycles. The Kier molecular flexibility index (Phi) is 2.36. The fraction of sp³-hybridized carbons (Fsp3) is 0.222. The van der Waals surface area contributed by atoms with Crippen LogP contribution in [-0.4, -0.2) is 14.2 Å². The van der Waals surface area contributed by atoms with E-state index in [9.17, 15) is 0 Å². The first-order chi connectivity index (χ1) is 5.26. The second kappa shape index (κ2) is 3.28. The number of hydrogen-bond donors (Lipinski definition) is 0. The highest BCUT2D eigenvalue weighted by atomic mass is 16.5. The van der Waals surface area contributed by atoms with Gasteiger partial charge in [-0.2, -0.15) is 0 Å². The van der Waals surface area contributed by atoms with Crippen LogP contribution in [0.1, 0.15) is 5.56 Å². The first kappa shape index (κ1) is 7.92. The molecule has 0 aliphatic heterocycles. The van der Waals surface area contributed by atoms with E-state index in [1.165, 1.54) is 0 Å². The summed E-state index contributed by atoms with van der Waals surface area (Å²) in [6.45, 7) is 5.55. The highest BCUT2D eigenvalue weighted by molar-refractivity contribution is 5.39. The second-order valence-corrected chi connectivity index (χ2v) is 2.15. The van der Waals surface area contributed by atoms with Crippen LogP contribution in [0.3, 0.4) is 0 Å². The molecular weight excluding hydrogens is 140 g/mol. The first-order valence-electron chi connectivity index (χ1n) is 3.25. The molecule has 0 saturated heterocycles. The van der Waals surface area contributed by atoms with Crippen molar-refractivity contribution in [3.8, 4) is 11.5 Å². The van der Waals surface area contributed by atoms with Crippen LogP contribution in [0.4, 0.5) is 0 Å². The standard InChI is InChI=1S/C9H10O2/c1-7-4-8(10-2)6-9(5-7)11-3/h1,4-6H,2-3H3. The van der Waals surface area contributed by atoms with Gasteiger partial charge in [0, 0.05) is 6.07 Å². The van der Waals surface area contributed by atoms with Gasteiger partial charge in [-0.15, -0.1) is 0 Å². The van der Waals surface area contributed by atoms with E-state index >= 15 is 0 Å². The van der Waals surface area contributed by atoms with Crippen molar-refractivity contribution >= 4 is 0 Å². The lowest BCUT2D eigenvalue weighted by atomic mass is 10.2. The highest BCUT2D eigenvalue weighted by Crippen LogP contribution is 2.21. The Labute approximate surface area is 66.8 Å². The first-order valence-corrected chi connectivity index (χ1v) is 3.25. The van der Waals surface area contributed by atoms with E-state index in [4.69, 9.17) is 16.4 Å². The van der Waals surface area contributed by atoms with Gasteiger partial charge in [-0.25, -0.2) is 0 Å². The lowest BCUT2D eigenvalue weighted by molar-refractivity contribution is 0.394. The lowest BCUT2D eigenvalue weighted by Gasteiger charge is -2.04. The molecule has 2 nitrogen and oxygen atoms in total. The summed E-state index contributed by atoms with van der Waals surface area (Å²) in [6, 6.07) is 5.25. The van der Waals surface area contributed by atoms with E-state index in [1.54, 1.807) is 32.4 Å². The van der Waals surface area contributed by atoms with Crippen molar-refractivity contribution in [3.05, 3.63) is 30.7 Å². The largest absolute Gasteiger partial charge is 0.497 e. The maximum Gasteiger partial charge on any atom is 0.122 e. The number of hydrogen-bond acceptors (Lipinski definition) is 2. The van der Waals surface area contributed by atoms with Crippen molar-refractivity contribution in [1.82, 2.24) is 0 Å². The Bertz CT molecular complexity index is 221. The molecule has 0 saturated carbocycles. The van der Waals surface area contributed by atoms with Gasteiger partial charge >= 0.3 is 0 Å². The predicted octanol–water partition coefficient (Wildman–Crippen LogP) is 1.76. The molecule has 0 unspecified atom stereocenters. The predicted molar refractivity (Wildman–Crippen MR) is 42.9 cm³/mol. The number of rotatable bonds is 2. The van der Waals surface area contributed by atoms with Crippen LogP contribution in [0.5, 0.6) is 11.5 Å². The van der Waals surface area contributed by atoms with Crippen molar-refractivity contribution in [2.45, 2.75) is 0 Å². The van der Waals surface area contributed by atoms with E-state index in [1.807, 2.05) is 0 Å². The minimum absolute atomic E-state index is 0.640. The second-order valence-electron chi connectivity index (χ2n) is 2.15. The molecule has 0 N–H and O–H groups in total. The van der Waals surface area contributed by atoms with Crippen LogP contribution in [0.2, 0.25) is 0 Å². The van der Waals surface area contributed by atoms with Gasteiger partial charge in [-0.05, 0) is 24.6 Å². The average Bonchev–Trinajstić information content (AvgIpc) is 2.03. The Morgan fingerprint density at radius 1 is 1.00 bits per heavy atom. The van der Waals surface area contributed by atoms with Gasteiger partial charge in [-0.1, -0.05) is 0 Å². The van der Waals surface area contributed by atoms with Gasteiger partial charge in [0.15, 0.2) is 0 Å². The van der Waals surface area contributed by atoms with Gasteiger partial charge in [0.05, 0.1) is 14.2 Å². The molecule has 58 valence electrons. The monoisotopic (exact) mass is 150 g/mol. The van der Waals surface area contributed by atoms with Gasteiger partial charge in [0.1, 0.15) is 11.5 Å². The van der Waals surface area contributed by atoms with E-state index < -0.39 is 0 Å². The number of methoxy groups -OCH3 is 2. The molecule has 1 aromatic rings. The fourth-order valence-corrected chi connectivity index (χ4v) is 0.829. The Morgan fingerprint density at radius 2 is 1.45 bits per heavy atom. The summed E-state index contributed by atoms with van der Waals surface area (Å²) in [6.07, 6.45) is 0. The third-order valence-electron chi connectivity index (χ3n) is 1.37. The molecule has 0 fully saturated rings. The summed E-state index contributed by atoms with van der Waals surface area (Å²) in [4.78, 5) is 0. The van der Waals surface area contributed by atoms with E-state index in [0.717, 1.165) is 0 Å². The summed E-state index contributed by atoms with van der Waals surface area (Å²) in [5.41, 5.74) is 0.640. The van der Waals surface area contributed by atoms with Crippen LogP contribution in [0.15, 0.2) is 18.2 Å². The molecule has 0 bridgehead atoms. The Morgan fingerprint density at radius 3 is 1.82 bits per heavy atom. The smallest absolute Gasteiger partial charge is 0.122 e. The molecule has 1 rings (SSSR count). The quantitative estimate of drug-likeness (QED) is 0.639. The van der Waals surface area contributed by atoms with Crippen LogP contribution in [-0.2, 0) is 0 Å². The minimum atomic E-state index is 0.640. The Hall–Kier alpha value is -1.18. The average molecular weight is 150 g/mol. The molecule has 2 radical (unpaired) electrons. The fourth-order valence-electron chi connectivity index (χ4n) is 0.829. The summed E-state index contributed by atoms with van der Waals surface area (Å²) >= 11 is 0. The zero-order chi connectivity index (χ0) is 8.27. The van der Waals surface area contributed by atoms with Gasteiger partial charge < -0.3 is 9.47 Å². The molecule has 11 heavy (non-hydrogen) atoms. The summed E-state index contributed by atoms with van der Waals surface area (Å²) < 4.78 is 9.96. The Balaban J connectivity index is 3.02. The van der Waals surface area contributed by atoms with Crippen molar-refractivity contribution < 1.29 is 9.47 Å². The van der Waals surface area contributed by atoms with E-state index in [-0.39, 0.29) is 0 Å². The van der Waals surface area contributed by atoms with Crippen LogP contribution < -0.4 is 9.47 Å². The third-order valence-corrected chi connectivity index (χ3v) is 1.37. The molecular formula is C9H10O2. The molecule has 0 spiro atoms. The van der Waals surface area contributed by atoms with Crippen molar-refractivity contribution in [2.75, 3.05) is 14.2 Å². The van der Waals surface area contributed by atoms with Crippen molar-refractivity contribution in [3.63, 3.8) is 0 Å². The van der Waals surface area contributed by atoms with Crippen LogP contribution in [0, 0.1) is 6.92 Å². The van der Waals surface area contributed by atoms with E-state index in [2.05, 4.69) is 0 Å². The molecule has 0 atom stereocenters. The molecule has 0 heterocycles. The van der Waals surface area contributed by atoms with Gasteiger partial charge in [0.25, 0.3) is 0 Å². The number of benzene rings is 1. The van der Waals surface area contributed by atoms with Crippen molar-refractivity contribution in [1.29, 1.82) is 0 Å². The molecule has 2 heteroatoms. The van der Waals surface area contributed by atoms with Gasteiger partial charge in [0.2, 0.25) is 0 Å². The van der Waals surface area contributed by atoms with Crippen molar-refractivity contribution in [2.24, 2.45) is 0 Å². The number of ether oxygens (including phenoxy) is 2. The van der Waals surface area contributed by atoms with Crippen LogP contribution >= 0.6 is 0 Å². The molecule has 0 aliphatic rings. The van der Waals surface area contributed by atoms with E-state index in [0.29, 0.717) is 17.1 Å². The molecule has 0 amide bonds. The maximum atomic E-state index is 5.55.